The molecule has 0 bridgehead atoms. The van der Waals surface area contributed by atoms with Gasteiger partial charge >= 0.3 is 0 Å². The van der Waals surface area contributed by atoms with Crippen molar-refractivity contribution in [3.05, 3.63) is 49.1 Å². The third kappa shape index (κ3) is 9.80. The molecule has 0 saturated carbocycles. The van der Waals surface area contributed by atoms with Gasteiger partial charge in [-0.25, -0.2) is 9.13 Å². The zero-order chi connectivity index (χ0) is 17.0. The van der Waals surface area contributed by atoms with Crippen molar-refractivity contribution in [2.45, 2.75) is 57.9 Å². The maximum atomic E-state index is 4.25. The number of halogens is 2. The summed E-state index contributed by atoms with van der Waals surface area (Å²) in [6.45, 7) is 1.13. The highest BCUT2D eigenvalue weighted by atomic mass is 35.5. The Morgan fingerprint density at radius 1 is 0.654 bits per heavy atom. The first-order valence-electron chi connectivity index (χ1n) is 9.35. The molecule has 2 heterocycles. The van der Waals surface area contributed by atoms with Crippen molar-refractivity contribution in [2.75, 3.05) is 5.75 Å². The largest absolute Gasteiger partial charge is 1.00 e. The first-order valence-corrected chi connectivity index (χ1v) is 9.98. The molecule has 2 nitrogen and oxygen atoms in total. The number of hydrogen-bond donors (Lipinski definition) is 1. The van der Waals surface area contributed by atoms with Crippen LogP contribution >= 0.6 is 12.6 Å². The summed E-state index contributed by atoms with van der Waals surface area (Å²) < 4.78 is 4.37. The number of hydrogen-bond acceptors (Lipinski definition) is 1. The molecule has 5 heteroatoms. The second-order valence-electron chi connectivity index (χ2n) is 6.63. The van der Waals surface area contributed by atoms with Crippen LogP contribution in [0.25, 0.3) is 11.1 Å². The molecular weight excluding hydrogens is 383 g/mol. The van der Waals surface area contributed by atoms with Crippen LogP contribution in [0.3, 0.4) is 0 Å². The van der Waals surface area contributed by atoms with Crippen LogP contribution in [-0.4, -0.2) is 5.75 Å². The van der Waals surface area contributed by atoms with Gasteiger partial charge in [0.05, 0.1) is 0 Å². The Balaban J connectivity index is 0.00000312. The minimum atomic E-state index is 0. The normalized spacial score (nSPS) is 10.1. The Hall–Kier alpha value is -0.770. The maximum absolute atomic E-state index is 4.25. The Labute approximate surface area is 177 Å². The zero-order valence-electron chi connectivity index (χ0n) is 15.8. The van der Waals surface area contributed by atoms with Gasteiger partial charge in [-0.05, 0) is 29.7 Å². The molecule has 0 saturated heterocycles. The lowest BCUT2D eigenvalue weighted by molar-refractivity contribution is -0.697. The number of pyridine rings is 2. The van der Waals surface area contributed by atoms with Gasteiger partial charge in [-0.1, -0.05) is 32.1 Å². The number of unbranched alkanes of at least 4 members (excludes halogenated alkanes) is 7. The summed E-state index contributed by atoms with van der Waals surface area (Å²) >= 11 is 4.25. The molecule has 2 aromatic rings. The fourth-order valence-corrected chi connectivity index (χ4v) is 3.18. The Morgan fingerprint density at radius 2 is 1.08 bits per heavy atom. The van der Waals surface area contributed by atoms with Crippen LogP contribution < -0.4 is 33.9 Å². The predicted molar refractivity (Wildman–Crippen MR) is 104 cm³/mol. The average molecular weight is 415 g/mol. The maximum Gasteiger partial charge on any atom is 0.169 e. The van der Waals surface area contributed by atoms with E-state index in [1.165, 1.54) is 62.5 Å². The monoisotopic (exact) mass is 414 g/mol. The molecule has 0 unspecified atom stereocenters. The van der Waals surface area contributed by atoms with E-state index in [-0.39, 0.29) is 24.8 Å². The highest BCUT2D eigenvalue weighted by molar-refractivity contribution is 7.80. The fraction of sp³-hybridized carbons (Fsp3) is 0.524. The standard InChI is InChI=1S/C21H31N2S.2ClH/c1-22-15-10-20(11-16-22)21-12-17-23(18-13-21)14-8-6-4-2-3-5-7-9-19-24;;/h10-13,15-18H,2-9,14,19H2,1H3;2*1H/q+1;;/p-1. The van der Waals surface area contributed by atoms with Gasteiger partial charge in [-0.3, -0.25) is 0 Å². The summed E-state index contributed by atoms with van der Waals surface area (Å²) in [7, 11) is 2.05. The van der Waals surface area contributed by atoms with Gasteiger partial charge in [-0.2, -0.15) is 12.6 Å². The van der Waals surface area contributed by atoms with Gasteiger partial charge in [0, 0.05) is 30.7 Å². The number of rotatable bonds is 11. The van der Waals surface area contributed by atoms with E-state index in [1.54, 1.807) is 0 Å². The van der Waals surface area contributed by atoms with Crippen LogP contribution in [0.5, 0.6) is 0 Å². The van der Waals surface area contributed by atoms with E-state index in [1.807, 2.05) is 7.05 Å². The Bertz CT molecular complexity index is 574. The smallest absolute Gasteiger partial charge is 0.169 e. The number of aryl methyl sites for hydroxylation is 2. The zero-order valence-corrected chi connectivity index (χ0v) is 18.2. The third-order valence-electron chi connectivity index (χ3n) is 4.53. The van der Waals surface area contributed by atoms with E-state index in [0.717, 1.165) is 12.3 Å². The molecule has 0 fully saturated rings. The molecule has 2 rings (SSSR count). The minimum absolute atomic E-state index is 0. The highest BCUT2D eigenvalue weighted by Gasteiger charge is 2.04. The second-order valence-corrected chi connectivity index (χ2v) is 7.08. The minimum Gasteiger partial charge on any atom is -1.00 e. The molecule has 26 heavy (non-hydrogen) atoms. The quantitative estimate of drug-likeness (QED) is 0.260. The Kier molecular flexibility index (Phi) is 14.9. The number of aromatic nitrogens is 2. The lowest BCUT2D eigenvalue weighted by Crippen LogP contribution is -3.00. The molecule has 0 spiro atoms. The van der Waals surface area contributed by atoms with Crippen LogP contribution in [-0.2, 0) is 13.6 Å². The van der Waals surface area contributed by atoms with Crippen molar-refractivity contribution in [1.29, 1.82) is 0 Å². The summed E-state index contributed by atoms with van der Waals surface area (Å²) in [5.74, 6) is 1.04. The van der Waals surface area contributed by atoms with Crippen molar-refractivity contribution in [1.82, 2.24) is 0 Å². The van der Waals surface area contributed by atoms with Crippen LogP contribution in [0.1, 0.15) is 51.4 Å². The number of thiol groups is 1. The molecule has 0 aliphatic heterocycles. The summed E-state index contributed by atoms with van der Waals surface area (Å²) in [4.78, 5) is 0. The van der Waals surface area contributed by atoms with Crippen molar-refractivity contribution < 1.29 is 33.9 Å². The fourth-order valence-electron chi connectivity index (χ4n) is 2.96. The molecule has 0 radical (unpaired) electrons. The van der Waals surface area contributed by atoms with Crippen LogP contribution in [0.4, 0.5) is 0 Å². The van der Waals surface area contributed by atoms with Crippen molar-refractivity contribution >= 4 is 12.6 Å². The van der Waals surface area contributed by atoms with Gasteiger partial charge < -0.3 is 24.8 Å². The SMILES string of the molecule is C[n+]1ccc(-c2cc[n+](CCCCCCCCCCS)cc2)cc1.[Cl-].[Cl-]. The van der Waals surface area contributed by atoms with E-state index >= 15 is 0 Å². The second kappa shape index (κ2) is 15.3. The van der Waals surface area contributed by atoms with Gasteiger partial charge in [0.2, 0.25) is 0 Å². The molecule has 0 aromatic carbocycles. The number of nitrogens with zero attached hydrogens (tertiary/aromatic N) is 2. The van der Waals surface area contributed by atoms with E-state index in [9.17, 15) is 0 Å². The molecule has 146 valence electrons. The molecule has 0 aliphatic rings. The van der Waals surface area contributed by atoms with Crippen molar-refractivity contribution in [3.8, 4) is 11.1 Å². The van der Waals surface area contributed by atoms with Crippen molar-refractivity contribution in [3.63, 3.8) is 0 Å². The van der Waals surface area contributed by atoms with Gasteiger partial charge in [-0.15, -0.1) is 0 Å². The lowest BCUT2D eigenvalue weighted by Gasteiger charge is -2.02. The summed E-state index contributed by atoms with van der Waals surface area (Å²) in [5, 5.41) is 0. The average Bonchev–Trinajstić information content (AvgIpc) is 2.62. The first kappa shape index (κ1) is 25.2. The molecule has 0 atom stereocenters. The topological polar surface area (TPSA) is 7.76 Å². The molecule has 2 aromatic heterocycles. The van der Waals surface area contributed by atoms with E-state index in [4.69, 9.17) is 0 Å². The van der Waals surface area contributed by atoms with Gasteiger partial charge in [0.25, 0.3) is 0 Å². The summed E-state index contributed by atoms with van der Waals surface area (Å²) in [6.07, 6.45) is 19.4. The highest BCUT2D eigenvalue weighted by Crippen LogP contribution is 2.15. The van der Waals surface area contributed by atoms with E-state index in [0.29, 0.717) is 0 Å². The molecule has 0 N–H and O–H groups in total. The van der Waals surface area contributed by atoms with Crippen LogP contribution in [0.2, 0.25) is 0 Å². The third-order valence-corrected chi connectivity index (χ3v) is 4.84. The first-order chi connectivity index (χ1) is 11.8. The Morgan fingerprint density at radius 3 is 1.58 bits per heavy atom. The van der Waals surface area contributed by atoms with E-state index in [2.05, 4.69) is 70.8 Å². The predicted octanol–water partition coefficient (Wildman–Crippen LogP) is -1.48. The van der Waals surface area contributed by atoms with E-state index < -0.39 is 0 Å². The summed E-state index contributed by atoms with van der Waals surface area (Å²) in [5.41, 5.74) is 2.56. The summed E-state index contributed by atoms with van der Waals surface area (Å²) in [6, 6.07) is 8.76. The molecule has 0 aliphatic carbocycles. The van der Waals surface area contributed by atoms with Crippen molar-refractivity contribution in [2.24, 2.45) is 7.05 Å². The molecular formula is C21H32Cl2N2S. The van der Waals surface area contributed by atoms with Gasteiger partial charge in [0.15, 0.2) is 24.8 Å². The van der Waals surface area contributed by atoms with Crippen LogP contribution in [0.15, 0.2) is 49.1 Å². The molecule has 0 amide bonds. The van der Waals surface area contributed by atoms with Crippen LogP contribution in [0, 0.1) is 0 Å². The van der Waals surface area contributed by atoms with Gasteiger partial charge in [0.1, 0.15) is 13.6 Å². The lowest BCUT2D eigenvalue weighted by atomic mass is 10.1.